The van der Waals surface area contributed by atoms with E-state index in [0.29, 0.717) is 18.4 Å². The van der Waals surface area contributed by atoms with Crippen LogP contribution >= 0.6 is 0 Å². The summed E-state index contributed by atoms with van der Waals surface area (Å²) in [5.74, 6) is 2.53. The molecule has 0 aliphatic heterocycles. The number of nitrogens with one attached hydrogen (secondary N) is 1. The number of rotatable bonds is 6. The lowest BCUT2D eigenvalue weighted by Gasteiger charge is -2.17. The highest BCUT2D eigenvalue weighted by atomic mass is 16.5. The number of nitrogens with zero attached hydrogens (tertiary/aromatic N) is 2. The molecule has 1 N–H and O–H groups in total. The van der Waals surface area contributed by atoms with Crippen molar-refractivity contribution in [2.75, 3.05) is 19.0 Å². The van der Waals surface area contributed by atoms with Gasteiger partial charge in [-0.3, -0.25) is 0 Å². The van der Waals surface area contributed by atoms with Crippen molar-refractivity contribution in [1.82, 2.24) is 9.97 Å². The molecule has 1 rings (SSSR count). The lowest BCUT2D eigenvalue weighted by molar-refractivity contribution is 0.190. The molecule has 4 nitrogen and oxygen atoms in total. The standard InChI is InChI=1S/C14H25N3O/c1-9(2)12-7-13(15-11(5)8-18-6)17-14(16-12)10(3)4/h7,9-11H,8H2,1-6H3,(H,15,16,17). The van der Waals surface area contributed by atoms with Gasteiger partial charge >= 0.3 is 0 Å². The Labute approximate surface area is 110 Å². The zero-order valence-electron chi connectivity index (χ0n) is 12.3. The summed E-state index contributed by atoms with van der Waals surface area (Å²) in [6, 6.07) is 2.27. The van der Waals surface area contributed by atoms with E-state index in [2.05, 4.69) is 49.9 Å². The molecule has 0 aliphatic carbocycles. The predicted octanol–water partition coefficient (Wildman–Crippen LogP) is 3.17. The number of hydrogen-bond acceptors (Lipinski definition) is 4. The molecular formula is C14H25N3O. The Balaban J connectivity index is 2.96. The third-order valence-corrected chi connectivity index (χ3v) is 2.68. The van der Waals surface area contributed by atoms with Gasteiger partial charge in [0.1, 0.15) is 11.6 Å². The maximum atomic E-state index is 5.13. The normalized spacial score (nSPS) is 13.1. The number of anilines is 1. The van der Waals surface area contributed by atoms with E-state index in [9.17, 15) is 0 Å². The van der Waals surface area contributed by atoms with Gasteiger partial charge in [-0.25, -0.2) is 9.97 Å². The predicted molar refractivity (Wildman–Crippen MR) is 75.2 cm³/mol. The fourth-order valence-corrected chi connectivity index (χ4v) is 1.66. The molecule has 1 unspecified atom stereocenters. The van der Waals surface area contributed by atoms with Crippen molar-refractivity contribution >= 4 is 5.82 Å². The SMILES string of the molecule is COCC(C)Nc1cc(C(C)C)nc(C(C)C)n1. The molecule has 0 radical (unpaired) electrons. The first-order valence-electron chi connectivity index (χ1n) is 6.58. The maximum Gasteiger partial charge on any atom is 0.133 e. The summed E-state index contributed by atoms with van der Waals surface area (Å²) < 4.78 is 5.13. The lowest BCUT2D eigenvalue weighted by Crippen LogP contribution is -2.22. The van der Waals surface area contributed by atoms with Crippen molar-refractivity contribution < 1.29 is 4.74 Å². The third kappa shape index (κ3) is 4.26. The van der Waals surface area contributed by atoms with Crippen molar-refractivity contribution in [3.05, 3.63) is 17.6 Å². The van der Waals surface area contributed by atoms with Crippen LogP contribution in [0.15, 0.2) is 6.07 Å². The minimum absolute atomic E-state index is 0.241. The molecule has 1 heterocycles. The Morgan fingerprint density at radius 1 is 1.11 bits per heavy atom. The molecular weight excluding hydrogens is 226 g/mol. The van der Waals surface area contributed by atoms with Crippen LogP contribution in [0.1, 0.15) is 58.0 Å². The van der Waals surface area contributed by atoms with Crippen molar-refractivity contribution in [2.45, 2.75) is 52.5 Å². The topological polar surface area (TPSA) is 47.0 Å². The Morgan fingerprint density at radius 2 is 1.78 bits per heavy atom. The van der Waals surface area contributed by atoms with Crippen LogP contribution in [0.4, 0.5) is 5.82 Å². The molecule has 0 spiro atoms. The van der Waals surface area contributed by atoms with E-state index < -0.39 is 0 Å². The van der Waals surface area contributed by atoms with Crippen LogP contribution in [0.5, 0.6) is 0 Å². The van der Waals surface area contributed by atoms with Crippen LogP contribution in [0, 0.1) is 0 Å². The van der Waals surface area contributed by atoms with Crippen molar-refractivity contribution in [3.63, 3.8) is 0 Å². The van der Waals surface area contributed by atoms with E-state index in [1.165, 1.54) is 0 Å². The third-order valence-electron chi connectivity index (χ3n) is 2.68. The molecule has 0 aliphatic rings. The molecule has 0 saturated heterocycles. The average molecular weight is 251 g/mol. The Morgan fingerprint density at radius 3 is 2.28 bits per heavy atom. The number of hydrogen-bond donors (Lipinski definition) is 1. The van der Waals surface area contributed by atoms with Gasteiger partial charge in [0.25, 0.3) is 0 Å². The number of methoxy groups -OCH3 is 1. The average Bonchev–Trinajstić information content (AvgIpc) is 2.28. The summed E-state index contributed by atoms with van der Waals surface area (Å²) in [5, 5.41) is 3.36. The minimum atomic E-state index is 0.241. The van der Waals surface area contributed by atoms with Crippen LogP contribution in [0.3, 0.4) is 0 Å². The first-order valence-corrected chi connectivity index (χ1v) is 6.58. The second-order valence-electron chi connectivity index (χ2n) is 5.35. The summed E-state index contributed by atoms with van der Waals surface area (Å²) in [7, 11) is 1.71. The molecule has 0 amide bonds. The molecule has 1 atom stereocenters. The Hall–Kier alpha value is -1.16. The summed E-state index contributed by atoms with van der Waals surface area (Å²) in [5.41, 5.74) is 1.08. The lowest BCUT2D eigenvalue weighted by atomic mass is 10.1. The van der Waals surface area contributed by atoms with Crippen molar-refractivity contribution in [3.8, 4) is 0 Å². The maximum absolute atomic E-state index is 5.13. The van der Waals surface area contributed by atoms with E-state index in [4.69, 9.17) is 4.74 Å². The number of ether oxygens (including phenoxy) is 1. The van der Waals surface area contributed by atoms with E-state index >= 15 is 0 Å². The fourth-order valence-electron chi connectivity index (χ4n) is 1.66. The highest BCUT2D eigenvalue weighted by Gasteiger charge is 2.11. The van der Waals surface area contributed by atoms with Gasteiger partial charge in [0.15, 0.2) is 0 Å². The van der Waals surface area contributed by atoms with Gasteiger partial charge in [0, 0.05) is 30.8 Å². The quantitative estimate of drug-likeness (QED) is 0.843. The first kappa shape index (κ1) is 14.9. The van der Waals surface area contributed by atoms with Crippen LogP contribution in [0.2, 0.25) is 0 Å². The zero-order valence-corrected chi connectivity index (χ0v) is 12.3. The van der Waals surface area contributed by atoms with Crippen LogP contribution in [-0.2, 0) is 4.74 Å². The summed E-state index contributed by atoms with van der Waals surface area (Å²) in [4.78, 5) is 9.16. The Bertz CT molecular complexity index is 351. The zero-order chi connectivity index (χ0) is 13.7. The number of aromatic nitrogens is 2. The molecule has 0 bridgehead atoms. The minimum Gasteiger partial charge on any atom is -0.383 e. The highest BCUT2D eigenvalue weighted by molar-refractivity contribution is 5.38. The van der Waals surface area contributed by atoms with Gasteiger partial charge in [0.2, 0.25) is 0 Å². The van der Waals surface area contributed by atoms with Gasteiger partial charge in [0.05, 0.1) is 6.61 Å². The molecule has 0 fully saturated rings. The van der Waals surface area contributed by atoms with Crippen LogP contribution in [-0.4, -0.2) is 29.7 Å². The molecule has 1 aromatic rings. The van der Waals surface area contributed by atoms with Gasteiger partial charge in [-0.1, -0.05) is 27.7 Å². The van der Waals surface area contributed by atoms with E-state index in [1.54, 1.807) is 7.11 Å². The monoisotopic (exact) mass is 251 g/mol. The largest absolute Gasteiger partial charge is 0.383 e. The highest BCUT2D eigenvalue weighted by Crippen LogP contribution is 2.19. The first-order chi connectivity index (χ1) is 8.43. The van der Waals surface area contributed by atoms with Crippen LogP contribution < -0.4 is 5.32 Å². The van der Waals surface area contributed by atoms with E-state index in [0.717, 1.165) is 17.3 Å². The van der Waals surface area contributed by atoms with E-state index in [1.807, 2.05) is 6.07 Å². The molecule has 1 aromatic heterocycles. The smallest absolute Gasteiger partial charge is 0.133 e. The molecule has 4 heteroatoms. The molecule has 18 heavy (non-hydrogen) atoms. The second-order valence-corrected chi connectivity index (χ2v) is 5.35. The van der Waals surface area contributed by atoms with Gasteiger partial charge < -0.3 is 10.1 Å². The van der Waals surface area contributed by atoms with Crippen molar-refractivity contribution in [1.29, 1.82) is 0 Å². The van der Waals surface area contributed by atoms with Crippen LogP contribution in [0.25, 0.3) is 0 Å². The molecule has 0 aromatic carbocycles. The summed E-state index contributed by atoms with van der Waals surface area (Å²) in [6.07, 6.45) is 0. The van der Waals surface area contributed by atoms with Crippen molar-refractivity contribution in [2.24, 2.45) is 0 Å². The Kier molecular flexibility index (Phi) is 5.54. The second kappa shape index (κ2) is 6.69. The van der Waals surface area contributed by atoms with E-state index in [-0.39, 0.29) is 6.04 Å². The summed E-state index contributed by atoms with van der Waals surface area (Å²) >= 11 is 0. The molecule has 102 valence electrons. The van der Waals surface area contributed by atoms with Gasteiger partial charge in [-0.2, -0.15) is 0 Å². The summed E-state index contributed by atoms with van der Waals surface area (Å²) in [6.45, 7) is 11.3. The van der Waals surface area contributed by atoms with Gasteiger partial charge in [-0.05, 0) is 12.8 Å². The molecule has 0 saturated carbocycles. The fraction of sp³-hybridized carbons (Fsp3) is 0.714. The van der Waals surface area contributed by atoms with Gasteiger partial charge in [-0.15, -0.1) is 0 Å².